The highest BCUT2D eigenvalue weighted by Gasteiger charge is 2.13. The Balaban J connectivity index is 2.17. The second kappa shape index (κ2) is 5.00. The van der Waals surface area contributed by atoms with Crippen molar-refractivity contribution in [2.24, 2.45) is 0 Å². The number of hydrogen-bond acceptors (Lipinski definition) is 2. The summed E-state index contributed by atoms with van der Waals surface area (Å²) in [6.45, 7) is 2.02. The van der Waals surface area contributed by atoms with E-state index in [1.54, 1.807) is 11.3 Å². The molecule has 0 aliphatic carbocycles. The number of aryl methyl sites for hydroxylation is 1. The lowest BCUT2D eigenvalue weighted by Crippen LogP contribution is -2.02. The molecule has 1 unspecified atom stereocenters. The van der Waals surface area contributed by atoms with E-state index in [0.717, 1.165) is 16.1 Å². The van der Waals surface area contributed by atoms with Crippen molar-refractivity contribution >= 4 is 22.9 Å². The first-order valence-corrected chi connectivity index (χ1v) is 6.39. The van der Waals surface area contributed by atoms with E-state index in [4.69, 9.17) is 11.6 Å². The Hall–Kier alpha value is -0.830. The van der Waals surface area contributed by atoms with Crippen molar-refractivity contribution in [1.82, 2.24) is 0 Å². The number of benzene rings is 1. The molecular weight excluding hydrogens is 240 g/mol. The Bertz CT molecular complexity index is 478. The second-order valence-electron chi connectivity index (χ2n) is 3.74. The first kappa shape index (κ1) is 11.6. The molecule has 1 N–H and O–H groups in total. The molecule has 2 rings (SSSR count). The van der Waals surface area contributed by atoms with Gasteiger partial charge in [0.15, 0.2) is 0 Å². The van der Waals surface area contributed by atoms with Gasteiger partial charge in [0, 0.05) is 16.3 Å². The highest BCUT2D eigenvalue weighted by molar-refractivity contribution is 7.10. The minimum atomic E-state index is -0.467. The first-order chi connectivity index (χ1) is 7.68. The standard InChI is InChI=1S/C13H13ClOS/c1-9-11(6-7-16-9)13(15)8-10-4-2-3-5-12(10)14/h2-7,13,15H,8H2,1H3. The third-order valence-electron chi connectivity index (χ3n) is 2.63. The van der Waals surface area contributed by atoms with Crippen molar-refractivity contribution in [3.05, 3.63) is 56.7 Å². The molecule has 0 aliphatic heterocycles. The summed E-state index contributed by atoms with van der Waals surface area (Å²) in [4.78, 5) is 1.17. The summed E-state index contributed by atoms with van der Waals surface area (Å²) in [6, 6.07) is 9.61. The predicted molar refractivity (Wildman–Crippen MR) is 69.2 cm³/mol. The molecule has 0 saturated heterocycles. The Morgan fingerprint density at radius 2 is 2.06 bits per heavy atom. The largest absolute Gasteiger partial charge is 0.388 e. The molecule has 0 amide bonds. The second-order valence-corrected chi connectivity index (χ2v) is 5.27. The first-order valence-electron chi connectivity index (χ1n) is 5.14. The maximum absolute atomic E-state index is 10.1. The van der Waals surface area contributed by atoms with Crippen LogP contribution in [-0.2, 0) is 6.42 Å². The number of aliphatic hydroxyl groups excluding tert-OH is 1. The lowest BCUT2D eigenvalue weighted by Gasteiger charge is -2.11. The fourth-order valence-corrected chi connectivity index (χ4v) is 2.69. The van der Waals surface area contributed by atoms with Gasteiger partial charge in [0.1, 0.15) is 0 Å². The van der Waals surface area contributed by atoms with E-state index in [0.29, 0.717) is 6.42 Å². The molecule has 3 heteroatoms. The number of halogens is 1. The third-order valence-corrected chi connectivity index (χ3v) is 3.86. The molecule has 1 aromatic heterocycles. The number of hydrogen-bond donors (Lipinski definition) is 1. The topological polar surface area (TPSA) is 20.2 Å². The lowest BCUT2D eigenvalue weighted by atomic mass is 10.0. The Kier molecular flexibility index (Phi) is 3.64. The van der Waals surface area contributed by atoms with E-state index in [1.165, 1.54) is 4.88 Å². The fraction of sp³-hybridized carbons (Fsp3) is 0.231. The van der Waals surface area contributed by atoms with Crippen LogP contribution >= 0.6 is 22.9 Å². The van der Waals surface area contributed by atoms with Crippen LogP contribution in [0.1, 0.15) is 22.1 Å². The molecule has 0 fully saturated rings. The van der Waals surface area contributed by atoms with Gasteiger partial charge in [-0.15, -0.1) is 11.3 Å². The van der Waals surface area contributed by atoms with Gasteiger partial charge in [-0.1, -0.05) is 29.8 Å². The summed E-state index contributed by atoms with van der Waals surface area (Å²) in [7, 11) is 0. The molecule has 0 aliphatic rings. The van der Waals surface area contributed by atoms with Gasteiger partial charge < -0.3 is 5.11 Å². The van der Waals surface area contributed by atoms with Gasteiger partial charge in [-0.3, -0.25) is 0 Å². The van der Waals surface area contributed by atoms with Crippen molar-refractivity contribution in [2.45, 2.75) is 19.4 Å². The molecule has 0 saturated carbocycles. The SMILES string of the molecule is Cc1sccc1C(O)Cc1ccccc1Cl. The Labute approximate surface area is 104 Å². The maximum atomic E-state index is 10.1. The molecular formula is C13H13ClOS. The number of thiophene rings is 1. The van der Waals surface area contributed by atoms with Gasteiger partial charge in [-0.25, -0.2) is 0 Å². The molecule has 84 valence electrons. The molecule has 0 radical (unpaired) electrons. The van der Waals surface area contributed by atoms with Gasteiger partial charge in [0.05, 0.1) is 6.10 Å². The Morgan fingerprint density at radius 3 is 2.69 bits per heavy atom. The monoisotopic (exact) mass is 252 g/mol. The van der Waals surface area contributed by atoms with Gasteiger partial charge in [0.2, 0.25) is 0 Å². The molecule has 0 bridgehead atoms. The van der Waals surface area contributed by atoms with Crippen LogP contribution in [0.5, 0.6) is 0 Å². The van der Waals surface area contributed by atoms with Crippen LogP contribution in [0.25, 0.3) is 0 Å². The van der Waals surface area contributed by atoms with E-state index >= 15 is 0 Å². The molecule has 0 spiro atoms. The minimum absolute atomic E-state index is 0.467. The molecule has 2 aromatic rings. The van der Waals surface area contributed by atoms with Gasteiger partial charge >= 0.3 is 0 Å². The quantitative estimate of drug-likeness (QED) is 0.876. The minimum Gasteiger partial charge on any atom is -0.388 e. The molecule has 16 heavy (non-hydrogen) atoms. The predicted octanol–water partition coefficient (Wildman–Crippen LogP) is 3.99. The average Bonchev–Trinajstić information content (AvgIpc) is 2.68. The third kappa shape index (κ3) is 2.46. The molecule has 1 heterocycles. The van der Waals surface area contributed by atoms with Crippen LogP contribution in [0.3, 0.4) is 0 Å². The van der Waals surface area contributed by atoms with Crippen molar-refractivity contribution in [1.29, 1.82) is 0 Å². The average molecular weight is 253 g/mol. The summed E-state index contributed by atoms with van der Waals surface area (Å²) >= 11 is 7.72. The van der Waals surface area contributed by atoms with Crippen molar-refractivity contribution in [3.8, 4) is 0 Å². The van der Waals surface area contributed by atoms with E-state index in [1.807, 2.05) is 42.6 Å². The van der Waals surface area contributed by atoms with Crippen LogP contribution in [-0.4, -0.2) is 5.11 Å². The fourth-order valence-electron chi connectivity index (χ4n) is 1.72. The van der Waals surface area contributed by atoms with E-state index in [9.17, 15) is 5.11 Å². The van der Waals surface area contributed by atoms with Gasteiger partial charge in [-0.2, -0.15) is 0 Å². The van der Waals surface area contributed by atoms with Crippen molar-refractivity contribution in [3.63, 3.8) is 0 Å². The van der Waals surface area contributed by atoms with E-state index in [2.05, 4.69) is 0 Å². The maximum Gasteiger partial charge on any atom is 0.0841 e. The smallest absolute Gasteiger partial charge is 0.0841 e. The van der Waals surface area contributed by atoms with Gasteiger partial charge in [-0.05, 0) is 35.6 Å². The van der Waals surface area contributed by atoms with Crippen LogP contribution in [0.2, 0.25) is 5.02 Å². The molecule has 1 atom stereocenters. The zero-order valence-corrected chi connectivity index (χ0v) is 10.6. The van der Waals surface area contributed by atoms with Crippen LogP contribution < -0.4 is 0 Å². The molecule has 1 aromatic carbocycles. The summed E-state index contributed by atoms with van der Waals surface area (Å²) in [5, 5.41) is 12.8. The lowest BCUT2D eigenvalue weighted by molar-refractivity contribution is 0.178. The normalized spacial score (nSPS) is 12.7. The number of rotatable bonds is 3. The highest BCUT2D eigenvalue weighted by Crippen LogP contribution is 2.27. The number of aliphatic hydroxyl groups is 1. The van der Waals surface area contributed by atoms with Crippen molar-refractivity contribution in [2.75, 3.05) is 0 Å². The summed E-state index contributed by atoms with van der Waals surface area (Å²) in [6.07, 6.45) is 0.100. The zero-order chi connectivity index (χ0) is 11.5. The van der Waals surface area contributed by atoms with Crippen LogP contribution in [0.15, 0.2) is 35.7 Å². The van der Waals surface area contributed by atoms with Crippen LogP contribution in [0, 0.1) is 6.92 Å². The summed E-state index contributed by atoms with van der Waals surface area (Å²) in [5.41, 5.74) is 1.99. The summed E-state index contributed by atoms with van der Waals surface area (Å²) in [5.74, 6) is 0. The van der Waals surface area contributed by atoms with E-state index in [-0.39, 0.29) is 0 Å². The molecule has 1 nitrogen and oxygen atoms in total. The van der Waals surface area contributed by atoms with Crippen LogP contribution in [0.4, 0.5) is 0 Å². The van der Waals surface area contributed by atoms with Gasteiger partial charge in [0.25, 0.3) is 0 Å². The highest BCUT2D eigenvalue weighted by atomic mass is 35.5. The zero-order valence-electron chi connectivity index (χ0n) is 8.98. The summed E-state index contributed by atoms with van der Waals surface area (Å²) < 4.78 is 0. The van der Waals surface area contributed by atoms with E-state index < -0.39 is 6.10 Å². The Morgan fingerprint density at radius 1 is 1.31 bits per heavy atom. The van der Waals surface area contributed by atoms with Crippen molar-refractivity contribution < 1.29 is 5.11 Å².